The Morgan fingerprint density at radius 1 is 0.900 bits per heavy atom. The van der Waals surface area contributed by atoms with Crippen LogP contribution in [0.2, 0.25) is 0 Å². The molecule has 0 unspecified atom stereocenters. The number of piperazine rings is 1. The maximum absolute atomic E-state index is 6.09. The Morgan fingerprint density at radius 3 is 2.53 bits per heavy atom. The van der Waals surface area contributed by atoms with Crippen molar-refractivity contribution >= 4 is 0 Å². The number of rotatable bonds is 9. The summed E-state index contributed by atoms with van der Waals surface area (Å²) in [5, 5.41) is 0. The van der Waals surface area contributed by atoms with Gasteiger partial charge >= 0.3 is 0 Å². The summed E-state index contributed by atoms with van der Waals surface area (Å²) >= 11 is 0. The molecule has 0 amide bonds. The number of nitrogens with zero attached hydrogens (tertiary/aromatic N) is 3. The van der Waals surface area contributed by atoms with Gasteiger partial charge in [0, 0.05) is 51.9 Å². The van der Waals surface area contributed by atoms with Crippen LogP contribution in [0.3, 0.4) is 0 Å². The number of hydrogen-bond donors (Lipinski definition) is 0. The van der Waals surface area contributed by atoms with E-state index >= 15 is 0 Å². The van der Waals surface area contributed by atoms with Gasteiger partial charge in [0.1, 0.15) is 5.75 Å². The standard InChI is InChI=1S/C25H41N3O2/c1-29-25-10-7-22(8-11-25)18-27-15-16-28-19-23(6-9-24(28)20-27)21-30-17-5-14-26-12-3-2-4-13-26/h7-8,10-11,23-24H,2-6,9,12-21H2,1H3/t23-,24-/m1/s1. The van der Waals surface area contributed by atoms with Crippen LogP contribution >= 0.6 is 0 Å². The van der Waals surface area contributed by atoms with Crippen molar-refractivity contribution in [1.29, 1.82) is 0 Å². The Hall–Kier alpha value is -1.14. The number of ether oxygens (including phenoxy) is 2. The van der Waals surface area contributed by atoms with Crippen LogP contribution in [0.5, 0.6) is 5.75 Å². The normalized spacial score (nSPS) is 26.4. The Balaban J connectivity index is 1.11. The van der Waals surface area contributed by atoms with Crippen LogP contribution in [0.4, 0.5) is 0 Å². The maximum atomic E-state index is 6.09. The summed E-state index contributed by atoms with van der Waals surface area (Å²) in [6.07, 6.45) is 8.03. The molecule has 4 rings (SSSR count). The molecule has 0 N–H and O–H groups in total. The fourth-order valence-corrected chi connectivity index (χ4v) is 5.41. The van der Waals surface area contributed by atoms with Crippen molar-refractivity contribution < 1.29 is 9.47 Å². The van der Waals surface area contributed by atoms with Crippen molar-refractivity contribution in [2.75, 3.05) is 66.1 Å². The first-order valence-electron chi connectivity index (χ1n) is 12.2. The van der Waals surface area contributed by atoms with Crippen LogP contribution in [0, 0.1) is 5.92 Å². The summed E-state index contributed by atoms with van der Waals surface area (Å²) in [6, 6.07) is 9.27. The first-order chi connectivity index (χ1) is 14.8. The van der Waals surface area contributed by atoms with Crippen molar-refractivity contribution in [3.8, 4) is 5.75 Å². The third-order valence-corrected chi connectivity index (χ3v) is 7.22. The van der Waals surface area contributed by atoms with E-state index in [9.17, 15) is 0 Å². The molecule has 168 valence electrons. The van der Waals surface area contributed by atoms with Gasteiger partial charge in [0.25, 0.3) is 0 Å². The molecule has 5 nitrogen and oxygen atoms in total. The molecule has 3 aliphatic heterocycles. The van der Waals surface area contributed by atoms with Gasteiger partial charge in [-0.15, -0.1) is 0 Å². The zero-order chi connectivity index (χ0) is 20.6. The molecule has 1 aromatic carbocycles. The molecule has 3 aliphatic rings. The van der Waals surface area contributed by atoms with Crippen LogP contribution in [-0.2, 0) is 11.3 Å². The number of likely N-dealkylation sites (tertiary alicyclic amines) is 1. The second-order valence-electron chi connectivity index (χ2n) is 9.51. The minimum atomic E-state index is 0.726. The monoisotopic (exact) mass is 415 g/mol. The molecule has 5 heteroatoms. The average molecular weight is 416 g/mol. The van der Waals surface area contributed by atoms with Gasteiger partial charge in [-0.3, -0.25) is 9.80 Å². The van der Waals surface area contributed by atoms with Crippen molar-refractivity contribution in [2.45, 2.75) is 51.1 Å². The Bertz CT molecular complexity index is 617. The molecule has 0 aromatic heterocycles. The molecular weight excluding hydrogens is 374 g/mol. The summed E-state index contributed by atoms with van der Waals surface area (Å²) in [7, 11) is 1.73. The van der Waals surface area contributed by atoms with E-state index in [0.29, 0.717) is 0 Å². The van der Waals surface area contributed by atoms with E-state index in [1.54, 1.807) is 7.11 Å². The fraction of sp³-hybridized carbons (Fsp3) is 0.760. The number of fused-ring (bicyclic) bond motifs is 1. The van der Waals surface area contributed by atoms with Crippen LogP contribution < -0.4 is 4.74 Å². The van der Waals surface area contributed by atoms with Crippen molar-refractivity contribution in [2.24, 2.45) is 5.92 Å². The SMILES string of the molecule is COc1ccc(CN2CCN3C[C@H](COCCCN4CCCCC4)CC[C@@H]3C2)cc1. The van der Waals surface area contributed by atoms with E-state index in [4.69, 9.17) is 9.47 Å². The van der Waals surface area contributed by atoms with E-state index < -0.39 is 0 Å². The van der Waals surface area contributed by atoms with E-state index in [0.717, 1.165) is 37.5 Å². The van der Waals surface area contributed by atoms with Crippen molar-refractivity contribution in [3.05, 3.63) is 29.8 Å². The van der Waals surface area contributed by atoms with Crippen LogP contribution in [0.25, 0.3) is 0 Å². The predicted molar refractivity (Wildman–Crippen MR) is 122 cm³/mol. The lowest BCUT2D eigenvalue weighted by molar-refractivity contribution is -0.00316. The summed E-state index contributed by atoms with van der Waals surface area (Å²) in [5.74, 6) is 1.67. The first-order valence-corrected chi connectivity index (χ1v) is 12.2. The Labute approximate surface area is 183 Å². The molecule has 0 spiro atoms. The van der Waals surface area contributed by atoms with Gasteiger partial charge in [-0.1, -0.05) is 18.6 Å². The third-order valence-electron chi connectivity index (χ3n) is 7.22. The molecule has 3 saturated heterocycles. The Morgan fingerprint density at radius 2 is 1.73 bits per heavy atom. The maximum Gasteiger partial charge on any atom is 0.118 e. The molecule has 30 heavy (non-hydrogen) atoms. The summed E-state index contributed by atoms with van der Waals surface area (Å²) in [4.78, 5) is 7.97. The van der Waals surface area contributed by atoms with Gasteiger partial charge in [0.15, 0.2) is 0 Å². The minimum absolute atomic E-state index is 0.726. The largest absolute Gasteiger partial charge is 0.497 e. The highest BCUT2D eigenvalue weighted by atomic mass is 16.5. The quantitative estimate of drug-likeness (QED) is 0.576. The van der Waals surface area contributed by atoms with Crippen LogP contribution in [-0.4, -0.2) is 86.9 Å². The van der Waals surface area contributed by atoms with Crippen LogP contribution in [0.15, 0.2) is 24.3 Å². The number of methoxy groups -OCH3 is 1. The molecule has 0 radical (unpaired) electrons. The van der Waals surface area contributed by atoms with Crippen molar-refractivity contribution in [1.82, 2.24) is 14.7 Å². The van der Waals surface area contributed by atoms with Gasteiger partial charge < -0.3 is 14.4 Å². The molecular formula is C25H41N3O2. The predicted octanol–water partition coefficient (Wildman–Crippen LogP) is 3.48. The smallest absolute Gasteiger partial charge is 0.118 e. The second kappa shape index (κ2) is 11.5. The summed E-state index contributed by atoms with van der Waals surface area (Å²) < 4.78 is 11.4. The van der Waals surface area contributed by atoms with E-state index in [1.165, 1.54) is 89.9 Å². The highest BCUT2D eigenvalue weighted by Crippen LogP contribution is 2.26. The molecule has 1 aromatic rings. The van der Waals surface area contributed by atoms with E-state index in [2.05, 4.69) is 39.0 Å². The lowest BCUT2D eigenvalue weighted by atomic mass is 9.91. The average Bonchev–Trinajstić information content (AvgIpc) is 2.80. The summed E-state index contributed by atoms with van der Waals surface area (Å²) in [6.45, 7) is 11.6. The first kappa shape index (κ1) is 22.1. The highest BCUT2D eigenvalue weighted by molar-refractivity contribution is 5.27. The third kappa shape index (κ3) is 6.43. The molecule has 2 atom stereocenters. The molecule has 0 aliphatic carbocycles. The molecule has 0 bridgehead atoms. The van der Waals surface area contributed by atoms with Crippen LogP contribution in [0.1, 0.15) is 44.1 Å². The lowest BCUT2D eigenvalue weighted by Crippen LogP contribution is -2.56. The topological polar surface area (TPSA) is 28.2 Å². The number of piperidine rings is 2. The minimum Gasteiger partial charge on any atom is -0.497 e. The molecule has 3 fully saturated rings. The van der Waals surface area contributed by atoms with E-state index in [-0.39, 0.29) is 0 Å². The van der Waals surface area contributed by atoms with Gasteiger partial charge in [-0.2, -0.15) is 0 Å². The van der Waals surface area contributed by atoms with Gasteiger partial charge in [-0.25, -0.2) is 0 Å². The van der Waals surface area contributed by atoms with Crippen molar-refractivity contribution in [3.63, 3.8) is 0 Å². The zero-order valence-corrected chi connectivity index (χ0v) is 18.9. The zero-order valence-electron chi connectivity index (χ0n) is 18.9. The molecule has 0 saturated carbocycles. The van der Waals surface area contributed by atoms with Gasteiger partial charge in [-0.05, 0) is 68.8 Å². The lowest BCUT2D eigenvalue weighted by Gasteiger charge is -2.46. The summed E-state index contributed by atoms with van der Waals surface area (Å²) in [5.41, 5.74) is 1.39. The number of benzene rings is 1. The number of hydrogen-bond acceptors (Lipinski definition) is 5. The van der Waals surface area contributed by atoms with E-state index in [1.807, 2.05) is 0 Å². The van der Waals surface area contributed by atoms with Gasteiger partial charge in [0.2, 0.25) is 0 Å². The highest BCUT2D eigenvalue weighted by Gasteiger charge is 2.32. The molecule has 3 heterocycles. The second-order valence-corrected chi connectivity index (χ2v) is 9.51. The fourth-order valence-electron chi connectivity index (χ4n) is 5.41. The Kier molecular flexibility index (Phi) is 8.44. The van der Waals surface area contributed by atoms with Gasteiger partial charge in [0.05, 0.1) is 13.7 Å².